The van der Waals surface area contributed by atoms with E-state index in [4.69, 9.17) is 14.2 Å². The van der Waals surface area contributed by atoms with Crippen molar-refractivity contribution >= 4 is 17.4 Å². The maximum atomic E-state index is 13.5. The number of benzene rings is 4. The highest BCUT2D eigenvalue weighted by Gasteiger charge is 2.46. The van der Waals surface area contributed by atoms with Crippen molar-refractivity contribution in [3.05, 3.63) is 131 Å². The molecule has 0 bridgehead atoms. The average Bonchev–Trinajstić information content (AvgIpc) is 3.28. The Morgan fingerprint density at radius 3 is 2.17 bits per heavy atom. The van der Waals surface area contributed by atoms with Gasteiger partial charge in [-0.15, -0.1) is 0 Å². The molecule has 4 aromatic rings. The molecule has 0 aromatic heterocycles. The highest BCUT2D eigenvalue weighted by atomic mass is 16.5. The van der Waals surface area contributed by atoms with Crippen molar-refractivity contribution in [2.24, 2.45) is 0 Å². The molecule has 41 heavy (non-hydrogen) atoms. The van der Waals surface area contributed by atoms with Gasteiger partial charge in [0.2, 0.25) is 0 Å². The lowest BCUT2D eigenvalue weighted by molar-refractivity contribution is -0.139. The smallest absolute Gasteiger partial charge is 0.295 e. The van der Waals surface area contributed by atoms with Crippen LogP contribution in [0, 0.1) is 0 Å². The molecule has 208 valence electrons. The number of aliphatic hydroxyl groups excluding tert-OH is 1. The maximum absolute atomic E-state index is 13.5. The first-order valence-electron chi connectivity index (χ1n) is 13.3. The van der Waals surface area contributed by atoms with Gasteiger partial charge in [0.1, 0.15) is 18.1 Å². The van der Waals surface area contributed by atoms with E-state index < -0.39 is 17.7 Å². The Hall–Kier alpha value is -5.04. The number of Topliss-reactive ketones (excluding diaryl/α,β-unsaturated/α-hetero) is 1. The summed E-state index contributed by atoms with van der Waals surface area (Å²) >= 11 is 0. The van der Waals surface area contributed by atoms with E-state index in [9.17, 15) is 14.7 Å². The number of aliphatic hydroxyl groups is 1. The maximum Gasteiger partial charge on any atom is 0.295 e. The number of carbonyl (C=O) groups excluding carboxylic acids is 2. The second-order valence-electron chi connectivity index (χ2n) is 9.64. The normalized spacial score (nSPS) is 16.0. The molecule has 1 N–H and O–H groups in total. The number of ketones is 1. The Labute approximate surface area is 239 Å². The van der Waals surface area contributed by atoms with Gasteiger partial charge in [-0.25, -0.2) is 0 Å². The third-order valence-electron chi connectivity index (χ3n) is 7.11. The van der Waals surface area contributed by atoms with Gasteiger partial charge in [-0.05, 0) is 47.4 Å². The Morgan fingerprint density at radius 2 is 1.49 bits per heavy atom. The van der Waals surface area contributed by atoms with E-state index in [0.29, 0.717) is 41.4 Å². The van der Waals surface area contributed by atoms with Gasteiger partial charge in [-0.2, -0.15) is 0 Å². The second-order valence-corrected chi connectivity index (χ2v) is 9.64. The molecule has 1 atom stereocenters. The molecule has 4 aromatic carbocycles. The molecule has 0 spiro atoms. The van der Waals surface area contributed by atoms with Crippen molar-refractivity contribution in [1.82, 2.24) is 4.90 Å². The van der Waals surface area contributed by atoms with Gasteiger partial charge in [0.25, 0.3) is 11.7 Å². The van der Waals surface area contributed by atoms with Crippen LogP contribution in [0.2, 0.25) is 0 Å². The number of carbonyl (C=O) groups is 2. The van der Waals surface area contributed by atoms with Crippen molar-refractivity contribution in [3.8, 4) is 17.2 Å². The summed E-state index contributed by atoms with van der Waals surface area (Å²) < 4.78 is 17.0. The summed E-state index contributed by atoms with van der Waals surface area (Å²) in [5, 5.41) is 11.4. The molecule has 1 amide bonds. The van der Waals surface area contributed by atoms with Crippen LogP contribution >= 0.6 is 0 Å². The minimum absolute atomic E-state index is 0.0105. The van der Waals surface area contributed by atoms with Crippen LogP contribution in [0.15, 0.2) is 109 Å². The number of rotatable bonds is 10. The molecular formula is C34H31NO6. The first-order valence-corrected chi connectivity index (χ1v) is 13.3. The van der Waals surface area contributed by atoms with E-state index in [1.54, 1.807) is 42.5 Å². The fraction of sp³-hybridized carbons (Fsp3) is 0.176. The van der Waals surface area contributed by atoms with Crippen LogP contribution < -0.4 is 14.2 Å². The van der Waals surface area contributed by atoms with E-state index in [-0.39, 0.29) is 17.9 Å². The Bertz CT molecular complexity index is 1560. The summed E-state index contributed by atoms with van der Waals surface area (Å²) in [7, 11) is 3.06. The third-order valence-corrected chi connectivity index (χ3v) is 7.11. The quantitative estimate of drug-likeness (QED) is 0.150. The third kappa shape index (κ3) is 5.94. The summed E-state index contributed by atoms with van der Waals surface area (Å²) in [6, 6.07) is 30.8. The van der Waals surface area contributed by atoms with Crippen LogP contribution in [0.1, 0.15) is 28.3 Å². The first kappa shape index (κ1) is 27.5. The summed E-state index contributed by atoms with van der Waals surface area (Å²) in [5.74, 6) is -0.184. The summed E-state index contributed by atoms with van der Waals surface area (Å²) in [6.07, 6.45) is 0.541. The Balaban J connectivity index is 1.55. The van der Waals surface area contributed by atoms with Crippen LogP contribution in [0.4, 0.5) is 0 Å². The molecule has 0 aliphatic carbocycles. The molecule has 1 unspecified atom stereocenters. The minimum atomic E-state index is -0.831. The van der Waals surface area contributed by atoms with E-state index in [1.807, 2.05) is 60.7 Å². The number of methoxy groups -OCH3 is 2. The van der Waals surface area contributed by atoms with E-state index in [2.05, 4.69) is 0 Å². The van der Waals surface area contributed by atoms with Crippen LogP contribution in [-0.4, -0.2) is 42.5 Å². The van der Waals surface area contributed by atoms with Gasteiger partial charge in [0, 0.05) is 12.1 Å². The number of nitrogens with zero attached hydrogens (tertiary/aromatic N) is 1. The van der Waals surface area contributed by atoms with Crippen molar-refractivity contribution in [3.63, 3.8) is 0 Å². The zero-order chi connectivity index (χ0) is 28.8. The molecule has 7 heteroatoms. The van der Waals surface area contributed by atoms with Gasteiger partial charge in [0.05, 0.1) is 25.8 Å². The van der Waals surface area contributed by atoms with Gasteiger partial charge >= 0.3 is 0 Å². The second kappa shape index (κ2) is 12.4. The van der Waals surface area contributed by atoms with Crippen molar-refractivity contribution in [1.29, 1.82) is 0 Å². The predicted molar refractivity (Wildman–Crippen MR) is 156 cm³/mol. The number of hydrogen-bond donors (Lipinski definition) is 1. The van der Waals surface area contributed by atoms with Crippen molar-refractivity contribution in [2.75, 3.05) is 20.8 Å². The molecule has 1 aliphatic heterocycles. The summed E-state index contributed by atoms with van der Waals surface area (Å²) in [5.41, 5.74) is 3.04. The summed E-state index contributed by atoms with van der Waals surface area (Å²) in [4.78, 5) is 28.4. The van der Waals surface area contributed by atoms with Crippen LogP contribution in [0.3, 0.4) is 0 Å². The molecule has 1 saturated heterocycles. The molecule has 1 heterocycles. The fourth-order valence-electron chi connectivity index (χ4n) is 4.99. The van der Waals surface area contributed by atoms with Gasteiger partial charge in [-0.1, -0.05) is 78.9 Å². The number of ether oxygens (including phenoxy) is 3. The SMILES string of the molecule is COc1cccc(/C(O)=C2\C(=O)C(=O)N(CCc3ccccc3)C2c2ccc(OCc3ccccc3)c(OC)c2)c1. The average molecular weight is 550 g/mol. The minimum Gasteiger partial charge on any atom is -0.507 e. The van der Waals surface area contributed by atoms with Crippen molar-refractivity contribution < 1.29 is 28.9 Å². The topological polar surface area (TPSA) is 85.3 Å². The molecule has 7 nitrogen and oxygen atoms in total. The van der Waals surface area contributed by atoms with Gasteiger partial charge in [0.15, 0.2) is 11.5 Å². The molecule has 0 saturated carbocycles. The lowest BCUT2D eigenvalue weighted by Crippen LogP contribution is -2.31. The molecule has 1 aliphatic rings. The first-order chi connectivity index (χ1) is 20.0. The highest BCUT2D eigenvalue weighted by molar-refractivity contribution is 6.46. The van der Waals surface area contributed by atoms with Crippen LogP contribution in [0.5, 0.6) is 17.2 Å². The molecule has 5 rings (SSSR count). The van der Waals surface area contributed by atoms with E-state index in [0.717, 1.165) is 11.1 Å². The molecule has 0 radical (unpaired) electrons. The summed E-state index contributed by atoms with van der Waals surface area (Å²) in [6.45, 7) is 0.630. The van der Waals surface area contributed by atoms with Gasteiger partial charge in [-0.3, -0.25) is 9.59 Å². The zero-order valence-electron chi connectivity index (χ0n) is 22.9. The van der Waals surface area contributed by atoms with Gasteiger partial charge < -0.3 is 24.2 Å². The molecule has 1 fully saturated rings. The fourth-order valence-corrected chi connectivity index (χ4v) is 4.99. The van der Waals surface area contributed by atoms with Crippen LogP contribution in [0.25, 0.3) is 5.76 Å². The monoisotopic (exact) mass is 549 g/mol. The molecular weight excluding hydrogens is 518 g/mol. The predicted octanol–water partition coefficient (Wildman–Crippen LogP) is 5.95. The zero-order valence-corrected chi connectivity index (χ0v) is 22.9. The van der Waals surface area contributed by atoms with Crippen LogP contribution in [-0.2, 0) is 22.6 Å². The van der Waals surface area contributed by atoms with E-state index >= 15 is 0 Å². The Kier molecular flexibility index (Phi) is 8.34. The van der Waals surface area contributed by atoms with E-state index in [1.165, 1.54) is 19.1 Å². The highest BCUT2D eigenvalue weighted by Crippen LogP contribution is 2.42. The lowest BCUT2D eigenvalue weighted by Gasteiger charge is -2.26. The van der Waals surface area contributed by atoms with Crippen molar-refractivity contribution in [2.45, 2.75) is 19.1 Å². The largest absolute Gasteiger partial charge is 0.507 e. The Morgan fingerprint density at radius 1 is 0.780 bits per heavy atom. The number of likely N-dealkylation sites (tertiary alicyclic amines) is 1. The standard InChI is InChI=1S/C34H31NO6/c1-39-27-15-9-14-26(20-27)32(36)30-31(35(34(38)33(30)37)19-18-23-10-5-3-6-11-23)25-16-17-28(29(21-25)40-2)41-22-24-12-7-4-8-13-24/h3-17,20-21,31,36H,18-19,22H2,1-2H3/b32-30+. The lowest BCUT2D eigenvalue weighted by atomic mass is 9.94. The number of hydrogen-bond acceptors (Lipinski definition) is 6. The number of amides is 1.